The van der Waals surface area contributed by atoms with E-state index in [2.05, 4.69) is 4.99 Å². The van der Waals surface area contributed by atoms with Crippen LogP contribution in [-0.2, 0) is 4.79 Å². The Labute approximate surface area is 147 Å². The molecule has 2 aliphatic rings. The van der Waals surface area contributed by atoms with Gasteiger partial charge in [0.15, 0.2) is 5.78 Å². The van der Waals surface area contributed by atoms with Gasteiger partial charge in [0, 0.05) is 28.3 Å². The lowest BCUT2D eigenvalue weighted by atomic mass is 9.73. The van der Waals surface area contributed by atoms with Gasteiger partial charge in [-0.1, -0.05) is 54.1 Å². The molecule has 3 nitrogen and oxygen atoms in total. The van der Waals surface area contributed by atoms with Crippen LogP contribution in [0.1, 0.15) is 46.8 Å². The van der Waals surface area contributed by atoms with Crippen molar-refractivity contribution in [2.75, 3.05) is 0 Å². The standard InChI is InChI=1S/C22H19NO2/c1-12-8-10-15(11-9-12)19-18(14(3)24)13(2)23-21-16-6-4-5-7-17(16)22(25)20(19)21/h4-11,18-19H,1-3H3. The lowest BCUT2D eigenvalue weighted by Gasteiger charge is -2.30. The first kappa shape index (κ1) is 15.7. The predicted octanol–water partition coefficient (Wildman–Crippen LogP) is 4.37. The zero-order chi connectivity index (χ0) is 17.7. The first-order valence-corrected chi connectivity index (χ1v) is 8.49. The number of ketones is 2. The zero-order valence-corrected chi connectivity index (χ0v) is 14.5. The molecule has 0 spiro atoms. The van der Waals surface area contributed by atoms with Crippen LogP contribution in [0.25, 0.3) is 5.70 Å². The number of aryl methyl sites for hydroxylation is 1. The van der Waals surface area contributed by atoms with Crippen molar-refractivity contribution in [2.24, 2.45) is 10.9 Å². The molecule has 0 N–H and O–H groups in total. The van der Waals surface area contributed by atoms with E-state index in [1.807, 2.05) is 62.4 Å². The Balaban J connectivity index is 1.96. The van der Waals surface area contributed by atoms with E-state index in [1.54, 1.807) is 6.92 Å². The molecule has 2 aromatic carbocycles. The largest absolute Gasteiger partial charge is 0.299 e. The SMILES string of the molecule is CC(=O)C1C(C)=NC2=C(C(=O)c3ccccc32)C1c1ccc(C)cc1. The van der Waals surface area contributed by atoms with Crippen molar-refractivity contribution in [1.29, 1.82) is 0 Å². The molecule has 1 aliphatic carbocycles. The number of nitrogens with zero attached hydrogens (tertiary/aromatic N) is 1. The molecule has 0 saturated carbocycles. The monoisotopic (exact) mass is 329 g/mol. The van der Waals surface area contributed by atoms with E-state index in [-0.39, 0.29) is 23.4 Å². The summed E-state index contributed by atoms with van der Waals surface area (Å²) < 4.78 is 0. The molecule has 0 amide bonds. The minimum absolute atomic E-state index is 0.00123. The Morgan fingerprint density at radius 3 is 2.24 bits per heavy atom. The molecule has 0 aromatic heterocycles. The summed E-state index contributed by atoms with van der Waals surface area (Å²) in [5.74, 6) is -0.619. The van der Waals surface area contributed by atoms with E-state index in [0.29, 0.717) is 11.1 Å². The van der Waals surface area contributed by atoms with Gasteiger partial charge in [0.05, 0.1) is 11.6 Å². The number of hydrogen-bond acceptors (Lipinski definition) is 3. The third-order valence-corrected chi connectivity index (χ3v) is 5.18. The van der Waals surface area contributed by atoms with E-state index in [1.165, 1.54) is 0 Å². The predicted molar refractivity (Wildman–Crippen MR) is 98.9 cm³/mol. The summed E-state index contributed by atoms with van der Waals surface area (Å²) in [5.41, 5.74) is 5.89. The van der Waals surface area contributed by atoms with Crippen molar-refractivity contribution >= 4 is 23.0 Å². The van der Waals surface area contributed by atoms with Crippen LogP contribution in [0.4, 0.5) is 0 Å². The fourth-order valence-electron chi connectivity index (χ4n) is 4.01. The van der Waals surface area contributed by atoms with Gasteiger partial charge in [0.2, 0.25) is 0 Å². The fourth-order valence-corrected chi connectivity index (χ4v) is 4.01. The molecule has 3 heteroatoms. The van der Waals surface area contributed by atoms with Crippen molar-refractivity contribution in [2.45, 2.75) is 26.7 Å². The zero-order valence-electron chi connectivity index (χ0n) is 14.5. The minimum atomic E-state index is -0.389. The highest BCUT2D eigenvalue weighted by Gasteiger charge is 2.44. The van der Waals surface area contributed by atoms with Gasteiger partial charge >= 0.3 is 0 Å². The van der Waals surface area contributed by atoms with Crippen LogP contribution >= 0.6 is 0 Å². The highest BCUT2D eigenvalue weighted by atomic mass is 16.1. The fraction of sp³-hybridized carbons (Fsp3) is 0.227. The highest BCUT2D eigenvalue weighted by Crippen LogP contribution is 2.47. The molecule has 2 unspecified atom stereocenters. The molecule has 0 fully saturated rings. The minimum Gasteiger partial charge on any atom is -0.299 e. The second-order valence-corrected chi connectivity index (χ2v) is 6.87. The van der Waals surface area contributed by atoms with Crippen molar-refractivity contribution in [3.05, 3.63) is 76.4 Å². The summed E-state index contributed by atoms with van der Waals surface area (Å²) in [5, 5.41) is 0. The van der Waals surface area contributed by atoms with E-state index in [4.69, 9.17) is 0 Å². The third kappa shape index (κ3) is 2.30. The van der Waals surface area contributed by atoms with E-state index in [0.717, 1.165) is 28.1 Å². The highest BCUT2D eigenvalue weighted by molar-refractivity contribution is 6.25. The molecule has 0 bridgehead atoms. The van der Waals surface area contributed by atoms with Crippen LogP contribution in [0.5, 0.6) is 0 Å². The first-order chi connectivity index (χ1) is 12.0. The van der Waals surface area contributed by atoms with E-state index < -0.39 is 0 Å². The first-order valence-electron chi connectivity index (χ1n) is 8.49. The molecule has 25 heavy (non-hydrogen) atoms. The normalized spacial score (nSPS) is 21.7. The van der Waals surface area contributed by atoms with E-state index in [9.17, 15) is 9.59 Å². The number of allylic oxidation sites excluding steroid dienone is 1. The smallest absolute Gasteiger partial charge is 0.192 e. The topological polar surface area (TPSA) is 46.5 Å². The Morgan fingerprint density at radius 2 is 1.60 bits per heavy atom. The average Bonchev–Trinajstić information content (AvgIpc) is 2.87. The van der Waals surface area contributed by atoms with Gasteiger partial charge in [-0.2, -0.15) is 0 Å². The molecule has 2 aromatic rings. The summed E-state index contributed by atoms with van der Waals surface area (Å²) in [6.07, 6.45) is 0. The Bertz CT molecular complexity index is 964. The molecule has 0 radical (unpaired) electrons. The van der Waals surface area contributed by atoms with Crippen LogP contribution in [0.2, 0.25) is 0 Å². The molecular weight excluding hydrogens is 310 g/mol. The number of rotatable bonds is 2. The van der Waals surface area contributed by atoms with Gasteiger partial charge in [-0.15, -0.1) is 0 Å². The lowest BCUT2D eigenvalue weighted by Crippen LogP contribution is -2.32. The van der Waals surface area contributed by atoms with Gasteiger partial charge in [-0.05, 0) is 26.3 Å². The van der Waals surface area contributed by atoms with Gasteiger partial charge < -0.3 is 0 Å². The number of carbonyl (C=O) groups is 2. The number of aliphatic imine (C=N–C) groups is 1. The number of hydrogen-bond donors (Lipinski definition) is 0. The second-order valence-electron chi connectivity index (χ2n) is 6.87. The number of carbonyl (C=O) groups excluding carboxylic acids is 2. The molecule has 1 heterocycles. The van der Waals surface area contributed by atoms with Crippen molar-refractivity contribution < 1.29 is 9.59 Å². The maximum atomic E-state index is 13.1. The van der Waals surface area contributed by atoms with Crippen molar-refractivity contribution in [3.8, 4) is 0 Å². The molecule has 1 aliphatic heterocycles. The average molecular weight is 329 g/mol. The summed E-state index contributed by atoms with van der Waals surface area (Å²) in [6, 6.07) is 15.7. The quantitative estimate of drug-likeness (QED) is 0.821. The Kier molecular flexibility index (Phi) is 3.53. The molecular formula is C22H19NO2. The summed E-state index contributed by atoms with van der Waals surface area (Å²) >= 11 is 0. The number of Topliss-reactive ketones (excluding diaryl/α,β-unsaturated/α-hetero) is 2. The summed E-state index contributed by atoms with van der Waals surface area (Å²) in [4.78, 5) is 30.2. The Morgan fingerprint density at radius 1 is 0.960 bits per heavy atom. The lowest BCUT2D eigenvalue weighted by molar-refractivity contribution is -0.119. The van der Waals surface area contributed by atoms with Gasteiger partial charge in [-0.25, -0.2) is 0 Å². The van der Waals surface area contributed by atoms with Gasteiger partial charge in [-0.3, -0.25) is 14.6 Å². The molecule has 4 rings (SSSR count). The van der Waals surface area contributed by atoms with Gasteiger partial charge in [0.1, 0.15) is 5.78 Å². The van der Waals surface area contributed by atoms with Gasteiger partial charge in [0.25, 0.3) is 0 Å². The van der Waals surface area contributed by atoms with Crippen LogP contribution in [0, 0.1) is 12.8 Å². The molecule has 0 saturated heterocycles. The van der Waals surface area contributed by atoms with Crippen LogP contribution in [0.15, 0.2) is 59.1 Å². The van der Waals surface area contributed by atoms with Crippen LogP contribution < -0.4 is 0 Å². The maximum absolute atomic E-state index is 13.1. The summed E-state index contributed by atoms with van der Waals surface area (Å²) in [7, 11) is 0. The summed E-state index contributed by atoms with van der Waals surface area (Å²) in [6.45, 7) is 5.51. The van der Waals surface area contributed by atoms with Crippen LogP contribution in [-0.4, -0.2) is 17.3 Å². The van der Waals surface area contributed by atoms with Crippen molar-refractivity contribution in [3.63, 3.8) is 0 Å². The Hall–Kier alpha value is -2.81. The van der Waals surface area contributed by atoms with Crippen molar-refractivity contribution in [1.82, 2.24) is 0 Å². The molecule has 2 atom stereocenters. The number of fused-ring (bicyclic) bond motifs is 2. The van der Waals surface area contributed by atoms with Crippen LogP contribution in [0.3, 0.4) is 0 Å². The molecule has 124 valence electrons. The second kappa shape index (κ2) is 5.62. The van der Waals surface area contributed by atoms with E-state index >= 15 is 0 Å². The maximum Gasteiger partial charge on any atom is 0.192 e. The number of benzene rings is 2. The third-order valence-electron chi connectivity index (χ3n) is 5.18.